The second-order valence-corrected chi connectivity index (χ2v) is 1.35. The molecule has 0 aliphatic rings. The largest absolute Gasteiger partial charge is 0.0776 e. The van der Waals surface area contributed by atoms with Gasteiger partial charge in [0.1, 0.15) is 0 Å². The molecule has 0 bridgehead atoms. The third-order valence-electron chi connectivity index (χ3n) is 0.707. The van der Waals surface area contributed by atoms with Crippen molar-refractivity contribution in [1.82, 2.24) is 0 Å². The van der Waals surface area contributed by atoms with E-state index in [1.54, 1.807) is 0 Å². The van der Waals surface area contributed by atoms with Crippen molar-refractivity contribution >= 4 is 0 Å². The fraction of sp³-hybridized carbons (Fsp3) is 1.00. The molecule has 0 unspecified atom stereocenters. The zero-order chi connectivity index (χ0) is 4.12. The van der Waals surface area contributed by atoms with E-state index in [1.165, 1.54) is 19.3 Å². The standard InChI is InChI=1S/C5H12.6CH4/c1-3-5-4-2;;;;;;/h3-5H2,1-2H3;6*1H4. The molecule has 11 heavy (non-hydrogen) atoms. The predicted octanol–water partition coefficient (Wildman–Crippen LogP) is 6.01. The molecule has 0 aliphatic carbocycles. The molecule has 0 heterocycles. The fourth-order valence-electron chi connectivity index (χ4n) is 0.354. The minimum Gasteiger partial charge on any atom is -0.0776 e. The van der Waals surface area contributed by atoms with E-state index >= 15 is 0 Å². The average molecular weight is 168 g/mol. The summed E-state index contributed by atoms with van der Waals surface area (Å²) in [5.74, 6) is 0. The molecule has 80 valence electrons. The van der Waals surface area contributed by atoms with Crippen LogP contribution in [0.2, 0.25) is 0 Å². The molecule has 0 saturated heterocycles. The highest BCUT2D eigenvalue weighted by atomic mass is 13.7. The summed E-state index contributed by atoms with van der Waals surface area (Å²) in [6.07, 6.45) is 4.08. The fourth-order valence-corrected chi connectivity index (χ4v) is 0.354. The van der Waals surface area contributed by atoms with Gasteiger partial charge in [-0.05, 0) is 0 Å². The van der Waals surface area contributed by atoms with Gasteiger partial charge in [0.15, 0.2) is 0 Å². The molecule has 0 nitrogen and oxygen atoms in total. The summed E-state index contributed by atoms with van der Waals surface area (Å²) in [7, 11) is 0. The van der Waals surface area contributed by atoms with Gasteiger partial charge in [0.2, 0.25) is 0 Å². The van der Waals surface area contributed by atoms with Crippen LogP contribution in [0.4, 0.5) is 0 Å². The van der Waals surface area contributed by atoms with E-state index < -0.39 is 0 Å². The first kappa shape index (κ1) is 68.8. The normalized spacial score (nSPS) is 3.82. The summed E-state index contributed by atoms with van der Waals surface area (Å²) in [6, 6.07) is 0. The highest BCUT2D eigenvalue weighted by molar-refractivity contribution is 4.24. The van der Waals surface area contributed by atoms with Crippen molar-refractivity contribution in [3.63, 3.8) is 0 Å². The third-order valence-corrected chi connectivity index (χ3v) is 0.707. The Morgan fingerprint density at radius 1 is 0.545 bits per heavy atom. The van der Waals surface area contributed by atoms with Gasteiger partial charge in [-0.1, -0.05) is 77.7 Å². The lowest BCUT2D eigenvalue weighted by molar-refractivity contribution is 0.772. The van der Waals surface area contributed by atoms with Crippen LogP contribution in [0, 0.1) is 0 Å². The Morgan fingerprint density at radius 2 is 0.727 bits per heavy atom. The molecule has 0 radical (unpaired) electrons. The lowest BCUT2D eigenvalue weighted by Crippen LogP contribution is -1.59. The zero-order valence-corrected chi connectivity index (χ0v) is 4.12. The number of unbranched alkanes of at least 4 members (excludes halogenated alkanes) is 2. The zero-order valence-electron chi connectivity index (χ0n) is 4.12. The average Bonchev–Trinajstić information content (AvgIpc) is 1.41. The summed E-state index contributed by atoms with van der Waals surface area (Å²) < 4.78 is 0. The molecular weight excluding hydrogens is 132 g/mol. The van der Waals surface area contributed by atoms with Crippen LogP contribution in [0.3, 0.4) is 0 Å². The first-order chi connectivity index (χ1) is 2.41. The first-order valence-corrected chi connectivity index (χ1v) is 2.41. The second-order valence-electron chi connectivity index (χ2n) is 1.35. The van der Waals surface area contributed by atoms with Crippen molar-refractivity contribution in [2.75, 3.05) is 0 Å². The van der Waals surface area contributed by atoms with Gasteiger partial charge in [-0.15, -0.1) is 0 Å². The molecule has 0 aromatic heterocycles. The smallest absolute Gasteiger partial charge is 0.0538 e. The maximum absolute atomic E-state index is 2.21. The van der Waals surface area contributed by atoms with Gasteiger partial charge in [-0.25, -0.2) is 0 Å². The third kappa shape index (κ3) is 160. The summed E-state index contributed by atoms with van der Waals surface area (Å²) in [5.41, 5.74) is 0. The molecule has 0 saturated carbocycles. The molecule has 0 heteroatoms. The Balaban J connectivity index is -0.00000000533. The lowest BCUT2D eigenvalue weighted by Gasteiger charge is -1.79. The summed E-state index contributed by atoms with van der Waals surface area (Å²) in [5, 5.41) is 0. The van der Waals surface area contributed by atoms with Crippen molar-refractivity contribution in [2.24, 2.45) is 0 Å². The van der Waals surface area contributed by atoms with Gasteiger partial charge >= 0.3 is 0 Å². The Morgan fingerprint density at radius 3 is 0.727 bits per heavy atom. The lowest BCUT2D eigenvalue weighted by atomic mass is 10.3. The molecule has 0 N–H and O–H groups in total. The molecule has 0 rings (SSSR count). The number of hydrogen-bond donors (Lipinski definition) is 0. The summed E-state index contributed by atoms with van der Waals surface area (Å²) in [6.45, 7) is 4.42. The number of hydrogen-bond acceptors (Lipinski definition) is 0. The summed E-state index contributed by atoms with van der Waals surface area (Å²) in [4.78, 5) is 0. The Labute approximate surface area is 78.4 Å². The van der Waals surface area contributed by atoms with Gasteiger partial charge in [-0.3, -0.25) is 0 Å². The van der Waals surface area contributed by atoms with Crippen LogP contribution < -0.4 is 0 Å². The van der Waals surface area contributed by atoms with E-state index in [-0.39, 0.29) is 44.6 Å². The molecule has 0 aliphatic heterocycles. The number of rotatable bonds is 2. The van der Waals surface area contributed by atoms with Crippen molar-refractivity contribution in [2.45, 2.75) is 77.7 Å². The maximum Gasteiger partial charge on any atom is -0.0538 e. The van der Waals surface area contributed by atoms with Crippen LogP contribution in [0.15, 0.2) is 0 Å². The van der Waals surface area contributed by atoms with Gasteiger partial charge in [0.25, 0.3) is 0 Å². The topological polar surface area (TPSA) is 0 Å². The molecule has 0 fully saturated rings. The van der Waals surface area contributed by atoms with Crippen LogP contribution in [0.5, 0.6) is 0 Å². The van der Waals surface area contributed by atoms with Crippen LogP contribution >= 0.6 is 0 Å². The van der Waals surface area contributed by atoms with E-state index in [9.17, 15) is 0 Å². The van der Waals surface area contributed by atoms with E-state index in [0.717, 1.165) is 0 Å². The second kappa shape index (κ2) is 90.0. The Hall–Kier alpha value is 0. The highest BCUT2D eigenvalue weighted by Crippen LogP contribution is 1.88. The van der Waals surface area contributed by atoms with Crippen LogP contribution in [0.25, 0.3) is 0 Å². The van der Waals surface area contributed by atoms with Crippen LogP contribution in [-0.4, -0.2) is 0 Å². The van der Waals surface area contributed by atoms with Gasteiger partial charge in [-0.2, -0.15) is 0 Å². The monoisotopic (exact) mass is 168 g/mol. The Kier molecular flexibility index (Phi) is 562. The molecule has 0 aromatic carbocycles. The van der Waals surface area contributed by atoms with E-state index in [4.69, 9.17) is 0 Å². The van der Waals surface area contributed by atoms with Crippen LogP contribution in [0.1, 0.15) is 77.7 Å². The minimum atomic E-state index is 0. The molecule has 0 amide bonds. The summed E-state index contributed by atoms with van der Waals surface area (Å²) >= 11 is 0. The molecule has 0 aromatic rings. The molecular formula is C11H36. The van der Waals surface area contributed by atoms with Crippen molar-refractivity contribution in [3.05, 3.63) is 0 Å². The molecule has 0 spiro atoms. The van der Waals surface area contributed by atoms with E-state index in [0.29, 0.717) is 0 Å². The SMILES string of the molecule is C.C.C.C.C.C.CCCCC. The maximum atomic E-state index is 2.21. The van der Waals surface area contributed by atoms with Gasteiger partial charge < -0.3 is 0 Å². The first-order valence-electron chi connectivity index (χ1n) is 2.41. The van der Waals surface area contributed by atoms with Crippen LogP contribution in [-0.2, 0) is 0 Å². The van der Waals surface area contributed by atoms with Crippen molar-refractivity contribution < 1.29 is 0 Å². The van der Waals surface area contributed by atoms with E-state index in [2.05, 4.69) is 13.8 Å². The van der Waals surface area contributed by atoms with Crippen molar-refractivity contribution in [3.8, 4) is 0 Å². The van der Waals surface area contributed by atoms with Gasteiger partial charge in [0, 0.05) is 0 Å². The Bertz CT molecular complexity index is 7.51. The predicted molar refractivity (Wildman–Crippen MR) is 65.6 cm³/mol. The highest BCUT2D eigenvalue weighted by Gasteiger charge is 1.68. The van der Waals surface area contributed by atoms with Crippen molar-refractivity contribution in [1.29, 1.82) is 0 Å². The molecule has 0 atom stereocenters. The quantitative estimate of drug-likeness (QED) is 0.473. The van der Waals surface area contributed by atoms with Gasteiger partial charge in [0.05, 0.1) is 0 Å². The minimum absolute atomic E-state index is 0. The van der Waals surface area contributed by atoms with E-state index in [1.807, 2.05) is 0 Å².